The van der Waals surface area contributed by atoms with E-state index in [1.807, 2.05) is 24.5 Å². The molecular formula is C22H29ClN2O2. The highest BCUT2D eigenvalue weighted by Gasteiger charge is 2.12. The van der Waals surface area contributed by atoms with Crippen LogP contribution in [0.4, 0.5) is 0 Å². The van der Waals surface area contributed by atoms with Crippen molar-refractivity contribution in [2.24, 2.45) is 0 Å². The Kier molecular flexibility index (Phi) is 9.26. The van der Waals surface area contributed by atoms with Gasteiger partial charge in [-0.1, -0.05) is 45.4 Å². The zero-order valence-electron chi connectivity index (χ0n) is 16.3. The van der Waals surface area contributed by atoms with Crippen molar-refractivity contribution in [3.8, 4) is 17.1 Å². The molecule has 2 aromatic rings. The van der Waals surface area contributed by atoms with Crippen LogP contribution in [0.5, 0.6) is 5.75 Å². The lowest BCUT2D eigenvalue weighted by atomic mass is 10.1. The molecule has 0 aliphatic heterocycles. The van der Waals surface area contributed by atoms with E-state index in [-0.39, 0.29) is 0 Å². The first-order chi connectivity index (χ1) is 13.1. The molecule has 0 aliphatic rings. The molecular weight excluding hydrogens is 360 g/mol. The summed E-state index contributed by atoms with van der Waals surface area (Å²) in [7, 11) is 0. The maximum absolute atomic E-state index is 11.5. The van der Waals surface area contributed by atoms with Crippen molar-refractivity contribution in [3.05, 3.63) is 42.2 Å². The molecule has 0 amide bonds. The van der Waals surface area contributed by atoms with Gasteiger partial charge in [0.05, 0.1) is 0 Å². The SMILES string of the molecule is CCCCCCCCCc1cnc(-c2ccc(OC(=O)[C@@H](C)Cl)cc2)nc1. The summed E-state index contributed by atoms with van der Waals surface area (Å²) >= 11 is 5.70. The van der Waals surface area contributed by atoms with E-state index < -0.39 is 11.3 Å². The highest BCUT2D eigenvalue weighted by molar-refractivity contribution is 6.29. The largest absolute Gasteiger partial charge is 0.425 e. The zero-order chi connectivity index (χ0) is 19.5. The van der Waals surface area contributed by atoms with Crippen molar-refractivity contribution < 1.29 is 9.53 Å². The smallest absolute Gasteiger partial charge is 0.329 e. The number of halogens is 1. The van der Waals surface area contributed by atoms with Crippen molar-refractivity contribution in [2.75, 3.05) is 0 Å². The van der Waals surface area contributed by atoms with Crippen LogP contribution >= 0.6 is 11.6 Å². The molecule has 1 heterocycles. The molecule has 4 nitrogen and oxygen atoms in total. The number of ether oxygens (including phenoxy) is 1. The Bertz CT molecular complexity index is 684. The van der Waals surface area contributed by atoms with Gasteiger partial charge in [0.2, 0.25) is 0 Å². The highest BCUT2D eigenvalue weighted by atomic mass is 35.5. The first-order valence-corrected chi connectivity index (χ1v) is 10.3. The number of hydrogen-bond acceptors (Lipinski definition) is 4. The van der Waals surface area contributed by atoms with Crippen molar-refractivity contribution in [1.82, 2.24) is 9.97 Å². The number of hydrogen-bond donors (Lipinski definition) is 0. The molecule has 0 fully saturated rings. The molecule has 0 saturated heterocycles. The van der Waals surface area contributed by atoms with Crippen molar-refractivity contribution in [1.29, 1.82) is 0 Å². The molecule has 1 atom stereocenters. The van der Waals surface area contributed by atoms with Crippen LogP contribution in [-0.4, -0.2) is 21.3 Å². The van der Waals surface area contributed by atoms with Crippen LogP contribution in [0.1, 0.15) is 64.4 Å². The maximum atomic E-state index is 11.5. The van der Waals surface area contributed by atoms with Gasteiger partial charge >= 0.3 is 5.97 Å². The third kappa shape index (κ3) is 7.67. The first kappa shape index (κ1) is 21.4. The second-order valence-corrected chi connectivity index (χ2v) is 7.50. The van der Waals surface area contributed by atoms with Crippen LogP contribution in [0.25, 0.3) is 11.4 Å². The average molecular weight is 389 g/mol. The second kappa shape index (κ2) is 11.7. The minimum Gasteiger partial charge on any atom is -0.425 e. The number of carbonyl (C=O) groups excluding carboxylic acids is 1. The van der Waals surface area contributed by atoms with E-state index in [9.17, 15) is 4.79 Å². The van der Waals surface area contributed by atoms with E-state index in [1.54, 1.807) is 19.1 Å². The van der Waals surface area contributed by atoms with Crippen LogP contribution in [0.15, 0.2) is 36.7 Å². The molecule has 27 heavy (non-hydrogen) atoms. The minimum atomic E-state index is -0.670. The summed E-state index contributed by atoms with van der Waals surface area (Å²) in [4.78, 5) is 20.4. The van der Waals surface area contributed by atoms with Crippen LogP contribution in [0.2, 0.25) is 0 Å². The van der Waals surface area contributed by atoms with Gasteiger partial charge in [-0.2, -0.15) is 0 Å². The summed E-state index contributed by atoms with van der Waals surface area (Å²) in [6, 6.07) is 7.13. The van der Waals surface area contributed by atoms with Gasteiger partial charge < -0.3 is 4.74 Å². The number of aromatic nitrogens is 2. The number of carbonyl (C=O) groups is 1. The molecule has 0 radical (unpaired) electrons. The molecule has 5 heteroatoms. The second-order valence-electron chi connectivity index (χ2n) is 6.85. The molecule has 146 valence electrons. The van der Waals surface area contributed by atoms with Crippen LogP contribution in [0.3, 0.4) is 0 Å². The van der Waals surface area contributed by atoms with E-state index in [2.05, 4.69) is 16.9 Å². The third-order valence-corrected chi connectivity index (χ3v) is 4.61. The lowest BCUT2D eigenvalue weighted by Crippen LogP contribution is -2.17. The van der Waals surface area contributed by atoms with Crippen LogP contribution in [0, 0.1) is 0 Å². The van der Waals surface area contributed by atoms with Gasteiger partial charge in [0.15, 0.2) is 5.82 Å². The predicted octanol–water partition coefficient (Wildman–Crippen LogP) is 5.97. The fraction of sp³-hybridized carbons (Fsp3) is 0.500. The van der Waals surface area contributed by atoms with Crippen LogP contribution < -0.4 is 4.74 Å². The standard InChI is InChI=1S/C22H29ClN2O2/c1-3-4-5-6-7-8-9-10-18-15-24-21(25-16-18)19-11-13-20(14-12-19)27-22(26)17(2)23/h11-17H,3-10H2,1-2H3/t17-/m1/s1. The van der Waals surface area contributed by atoms with Gasteiger partial charge in [-0.15, -0.1) is 11.6 Å². The lowest BCUT2D eigenvalue weighted by molar-refractivity contribution is -0.133. The van der Waals surface area contributed by atoms with Gasteiger partial charge in [-0.05, 0) is 49.6 Å². The molecule has 0 N–H and O–H groups in total. The Labute approximate surface area is 167 Å². The first-order valence-electron chi connectivity index (χ1n) is 9.87. The van der Waals surface area contributed by atoms with E-state index in [4.69, 9.17) is 16.3 Å². The van der Waals surface area contributed by atoms with E-state index >= 15 is 0 Å². The highest BCUT2D eigenvalue weighted by Crippen LogP contribution is 2.20. The normalized spacial score (nSPS) is 12.0. The number of aryl methyl sites for hydroxylation is 1. The summed E-state index contributed by atoms with van der Waals surface area (Å²) in [5.74, 6) is 0.670. The molecule has 0 saturated carbocycles. The molecule has 0 bridgehead atoms. The van der Waals surface area contributed by atoms with Gasteiger partial charge in [-0.3, -0.25) is 4.79 Å². The number of rotatable bonds is 11. The molecule has 1 aromatic heterocycles. The van der Waals surface area contributed by atoms with Crippen molar-refractivity contribution >= 4 is 17.6 Å². The molecule has 0 unspecified atom stereocenters. The number of esters is 1. The number of nitrogens with zero attached hydrogens (tertiary/aromatic N) is 2. The summed E-state index contributed by atoms with van der Waals surface area (Å²) in [5.41, 5.74) is 2.06. The summed E-state index contributed by atoms with van der Waals surface area (Å²) < 4.78 is 5.16. The Morgan fingerprint density at radius 1 is 1.00 bits per heavy atom. The predicted molar refractivity (Wildman–Crippen MR) is 110 cm³/mol. The molecule has 0 aliphatic carbocycles. The molecule has 1 aromatic carbocycles. The van der Waals surface area contributed by atoms with E-state index in [0.717, 1.165) is 12.0 Å². The van der Waals surface area contributed by atoms with E-state index in [1.165, 1.54) is 50.5 Å². The van der Waals surface area contributed by atoms with Gasteiger partial charge in [-0.25, -0.2) is 9.97 Å². The van der Waals surface area contributed by atoms with Gasteiger partial charge in [0, 0.05) is 18.0 Å². The fourth-order valence-electron chi connectivity index (χ4n) is 2.79. The zero-order valence-corrected chi connectivity index (χ0v) is 17.0. The quantitative estimate of drug-likeness (QED) is 0.206. The Morgan fingerprint density at radius 3 is 2.19 bits per heavy atom. The third-order valence-electron chi connectivity index (χ3n) is 4.43. The Balaban J connectivity index is 1.80. The summed E-state index contributed by atoms with van der Waals surface area (Å²) in [6.07, 6.45) is 14.0. The Hall–Kier alpha value is -1.94. The monoisotopic (exact) mass is 388 g/mol. The lowest BCUT2D eigenvalue weighted by Gasteiger charge is -2.07. The fourth-order valence-corrected chi connectivity index (χ4v) is 2.83. The van der Waals surface area contributed by atoms with Gasteiger partial charge in [0.25, 0.3) is 0 Å². The molecule has 2 rings (SSSR count). The van der Waals surface area contributed by atoms with Crippen molar-refractivity contribution in [2.45, 2.75) is 70.6 Å². The van der Waals surface area contributed by atoms with Crippen molar-refractivity contribution in [3.63, 3.8) is 0 Å². The number of alkyl halides is 1. The van der Waals surface area contributed by atoms with Gasteiger partial charge in [0.1, 0.15) is 11.1 Å². The summed E-state index contributed by atoms with van der Waals surface area (Å²) in [5, 5.41) is -0.670. The number of benzene rings is 1. The minimum absolute atomic E-state index is 0.463. The summed E-state index contributed by atoms with van der Waals surface area (Å²) in [6.45, 7) is 3.83. The Morgan fingerprint density at radius 2 is 1.59 bits per heavy atom. The van der Waals surface area contributed by atoms with E-state index in [0.29, 0.717) is 11.6 Å². The molecule has 0 spiro atoms. The average Bonchev–Trinajstić information content (AvgIpc) is 2.68. The topological polar surface area (TPSA) is 52.1 Å². The maximum Gasteiger partial charge on any atom is 0.329 e. The number of unbranched alkanes of at least 4 members (excludes halogenated alkanes) is 6. The van der Waals surface area contributed by atoms with Crippen LogP contribution in [-0.2, 0) is 11.2 Å².